The molecule has 2 rings (SSSR count). The van der Waals surface area contributed by atoms with Crippen molar-refractivity contribution in [3.63, 3.8) is 0 Å². The number of guanidine groups is 1. The lowest BCUT2D eigenvalue weighted by Gasteiger charge is -2.16. The van der Waals surface area contributed by atoms with Gasteiger partial charge in [0.15, 0.2) is 17.5 Å². The minimum Gasteiger partial charge on any atom is -0.493 e. The van der Waals surface area contributed by atoms with Crippen molar-refractivity contribution in [2.24, 2.45) is 10.7 Å². The van der Waals surface area contributed by atoms with Crippen molar-refractivity contribution in [3.05, 3.63) is 53.1 Å². The number of rotatable bonds is 8. The first-order valence-corrected chi connectivity index (χ1v) is 8.56. The molecule has 1 atom stereocenters. The Morgan fingerprint density at radius 2 is 1.89 bits per heavy atom. The minimum absolute atomic E-state index is 0. The number of nitrogens with zero attached hydrogens (tertiary/aromatic N) is 1. The fourth-order valence-corrected chi connectivity index (χ4v) is 2.45. The Bertz CT molecular complexity index is 759. The zero-order valence-corrected chi connectivity index (χ0v) is 18.7. The predicted octanol–water partition coefficient (Wildman–Crippen LogP) is 3.85. The van der Waals surface area contributed by atoms with Crippen LogP contribution in [0.25, 0.3) is 0 Å². The molecule has 27 heavy (non-hydrogen) atoms. The normalized spacial score (nSPS) is 11.9. The Morgan fingerprint density at radius 1 is 1.15 bits per heavy atom. The van der Waals surface area contributed by atoms with Crippen molar-refractivity contribution in [3.8, 4) is 17.2 Å². The predicted molar refractivity (Wildman–Crippen MR) is 120 cm³/mol. The van der Waals surface area contributed by atoms with Crippen LogP contribution in [0.3, 0.4) is 0 Å². The average molecular weight is 506 g/mol. The van der Waals surface area contributed by atoms with E-state index in [2.05, 4.69) is 10.3 Å². The second-order valence-electron chi connectivity index (χ2n) is 5.66. The summed E-state index contributed by atoms with van der Waals surface area (Å²) in [7, 11) is 3.20. The zero-order valence-electron chi connectivity index (χ0n) is 15.6. The molecule has 6 nitrogen and oxygen atoms in total. The van der Waals surface area contributed by atoms with Gasteiger partial charge >= 0.3 is 0 Å². The summed E-state index contributed by atoms with van der Waals surface area (Å²) in [6, 6.07) is 12.9. The summed E-state index contributed by atoms with van der Waals surface area (Å²) in [4.78, 5) is 4.33. The van der Waals surface area contributed by atoms with Crippen LogP contribution in [-0.4, -0.2) is 32.8 Å². The maximum absolute atomic E-state index is 5.94. The fraction of sp³-hybridized carbons (Fsp3) is 0.316. The third-order valence-corrected chi connectivity index (χ3v) is 3.82. The van der Waals surface area contributed by atoms with Gasteiger partial charge in [-0.1, -0.05) is 23.7 Å². The van der Waals surface area contributed by atoms with E-state index < -0.39 is 0 Å². The standard InChI is InChI=1S/C19H24ClN3O3.HI/c1-13(26-16-6-4-5-15(20)10-16)11-22-19(21)23-12-14-7-8-17(24-2)18(9-14)25-3;/h4-10,13H,11-12H2,1-3H3,(H3,21,22,23);1H. The van der Waals surface area contributed by atoms with Crippen LogP contribution in [0.15, 0.2) is 47.5 Å². The number of hydrogen-bond donors (Lipinski definition) is 2. The van der Waals surface area contributed by atoms with E-state index in [-0.39, 0.29) is 30.1 Å². The first-order valence-electron chi connectivity index (χ1n) is 8.18. The highest BCUT2D eigenvalue weighted by molar-refractivity contribution is 14.0. The Labute approximate surface area is 182 Å². The van der Waals surface area contributed by atoms with Gasteiger partial charge in [0, 0.05) is 5.02 Å². The quantitative estimate of drug-likeness (QED) is 0.324. The van der Waals surface area contributed by atoms with Crippen LogP contribution in [0.5, 0.6) is 17.2 Å². The number of hydrogen-bond acceptors (Lipinski definition) is 4. The van der Waals surface area contributed by atoms with Crippen LogP contribution in [0, 0.1) is 0 Å². The number of methoxy groups -OCH3 is 2. The zero-order chi connectivity index (χ0) is 18.9. The topological polar surface area (TPSA) is 78.1 Å². The molecule has 0 heterocycles. The number of benzene rings is 2. The fourth-order valence-electron chi connectivity index (χ4n) is 2.27. The lowest BCUT2D eigenvalue weighted by molar-refractivity contribution is 0.224. The summed E-state index contributed by atoms with van der Waals surface area (Å²) in [6.07, 6.45) is -0.0942. The maximum Gasteiger partial charge on any atom is 0.189 e. The summed E-state index contributed by atoms with van der Waals surface area (Å²) in [6.45, 7) is 2.89. The molecule has 0 aliphatic carbocycles. The van der Waals surface area contributed by atoms with E-state index >= 15 is 0 Å². The van der Waals surface area contributed by atoms with Crippen molar-refractivity contribution >= 4 is 41.5 Å². The van der Waals surface area contributed by atoms with Gasteiger partial charge in [-0.05, 0) is 42.8 Å². The monoisotopic (exact) mass is 505 g/mol. The SMILES string of the molecule is COc1ccc(CN=C(N)NCC(C)Oc2cccc(Cl)c2)cc1OC.I. The van der Waals surface area contributed by atoms with Crippen molar-refractivity contribution < 1.29 is 14.2 Å². The van der Waals surface area contributed by atoms with E-state index in [1.165, 1.54) is 0 Å². The van der Waals surface area contributed by atoms with Gasteiger partial charge in [-0.3, -0.25) is 0 Å². The molecular formula is C19H25ClIN3O3. The third kappa shape index (κ3) is 7.72. The number of ether oxygens (including phenoxy) is 3. The number of aliphatic imine (C=N–C) groups is 1. The number of nitrogens with two attached hydrogens (primary N) is 1. The van der Waals surface area contributed by atoms with Crippen molar-refractivity contribution in [1.82, 2.24) is 5.32 Å². The van der Waals surface area contributed by atoms with Crippen LogP contribution < -0.4 is 25.3 Å². The van der Waals surface area contributed by atoms with Gasteiger partial charge in [0.25, 0.3) is 0 Å². The molecule has 0 spiro atoms. The molecule has 2 aromatic rings. The number of nitrogens with one attached hydrogen (secondary N) is 1. The maximum atomic E-state index is 5.94. The molecule has 1 unspecified atom stereocenters. The molecule has 0 fully saturated rings. The van der Waals surface area contributed by atoms with Crippen molar-refractivity contribution in [1.29, 1.82) is 0 Å². The van der Waals surface area contributed by atoms with Gasteiger partial charge in [-0.2, -0.15) is 0 Å². The summed E-state index contributed by atoms with van der Waals surface area (Å²) >= 11 is 5.94. The summed E-state index contributed by atoms with van der Waals surface area (Å²) in [5, 5.41) is 3.69. The van der Waals surface area contributed by atoms with Crippen LogP contribution in [0.2, 0.25) is 5.02 Å². The highest BCUT2D eigenvalue weighted by Gasteiger charge is 2.06. The number of halogens is 2. The van der Waals surface area contributed by atoms with Crippen LogP contribution in [0.1, 0.15) is 12.5 Å². The average Bonchev–Trinajstić information content (AvgIpc) is 2.64. The molecule has 0 aromatic heterocycles. The molecule has 3 N–H and O–H groups in total. The first-order chi connectivity index (χ1) is 12.5. The van der Waals surface area contributed by atoms with Gasteiger partial charge in [-0.25, -0.2) is 4.99 Å². The lowest BCUT2D eigenvalue weighted by atomic mass is 10.2. The second kappa shape index (κ2) is 11.8. The molecule has 148 valence electrons. The summed E-state index contributed by atoms with van der Waals surface area (Å²) in [5.41, 5.74) is 6.89. The largest absolute Gasteiger partial charge is 0.493 e. The minimum atomic E-state index is -0.0942. The van der Waals surface area contributed by atoms with E-state index in [4.69, 9.17) is 31.5 Å². The molecule has 0 bridgehead atoms. The molecule has 0 radical (unpaired) electrons. The second-order valence-corrected chi connectivity index (χ2v) is 6.09. The Hall–Kier alpha value is -1.87. The van der Waals surface area contributed by atoms with Crippen LogP contribution in [-0.2, 0) is 6.54 Å². The molecular weight excluding hydrogens is 481 g/mol. The van der Waals surface area contributed by atoms with Crippen molar-refractivity contribution in [2.45, 2.75) is 19.6 Å². The smallest absolute Gasteiger partial charge is 0.189 e. The van der Waals surface area contributed by atoms with Gasteiger partial charge in [0.2, 0.25) is 0 Å². The third-order valence-electron chi connectivity index (χ3n) is 3.58. The van der Waals surface area contributed by atoms with Gasteiger partial charge in [0.1, 0.15) is 11.9 Å². The van der Waals surface area contributed by atoms with E-state index in [9.17, 15) is 0 Å². The van der Waals surface area contributed by atoms with Crippen LogP contribution >= 0.6 is 35.6 Å². The van der Waals surface area contributed by atoms with E-state index in [0.29, 0.717) is 41.3 Å². The van der Waals surface area contributed by atoms with Gasteiger partial charge in [0.05, 0.1) is 27.3 Å². The van der Waals surface area contributed by atoms with Gasteiger partial charge in [-0.15, -0.1) is 24.0 Å². The Morgan fingerprint density at radius 3 is 2.56 bits per heavy atom. The molecule has 8 heteroatoms. The molecule has 0 saturated carbocycles. The molecule has 0 amide bonds. The van der Waals surface area contributed by atoms with Gasteiger partial charge < -0.3 is 25.3 Å². The Balaban J connectivity index is 0.00000364. The Kier molecular flexibility index (Phi) is 10.1. The first kappa shape index (κ1) is 23.2. The van der Waals surface area contributed by atoms with Crippen LogP contribution in [0.4, 0.5) is 0 Å². The molecule has 0 aliphatic heterocycles. The van der Waals surface area contributed by atoms with E-state index in [1.807, 2.05) is 37.3 Å². The summed E-state index contributed by atoms with van der Waals surface area (Å²) < 4.78 is 16.3. The highest BCUT2D eigenvalue weighted by atomic mass is 127. The molecule has 2 aromatic carbocycles. The molecule has 0 aliphatic rings. The van der Waals surface area contributed by atoms with E-state index in [1.54, 1.807) is 26.4 Å². The lowest BCUT2D eigenvalue weighted by Crippen LogP contribution is -2.38. The summed E-state index contributed by atoms with van der Waals surface area (Å²) in [5.74, 6) is 2.41. The van der Waals surface area contributed by atoms with E-state index in [0.717, 1.165) is 5.56 Å². The molecule has 0 saturated heterocycles. The highest BCUT2D eigenvalue weighted by Crippen LogP contribution is 2.27. The van der Waals surface area contributed by atoms with Crippen molar-refractivity contribution in [2.75, 3.05) is 20.8 Å².